The Morgan fingerprint density at radius 3 is 2.30 bits per heavy atom. The van der Waals surface area contributed by atoms with Crippen molar-refractivity contribution in [1.29, 1.82) is 5.26 Å². The summed E-state index contributed by atoms with van der Waals surface area (Å²) < 4.78 is 5.87. The van der Waals surface area contributed by atoms with Gasteiger partial charge in [0, 0.05) is 11.8 Å². The van der Waals surface area contributed by atoms with Crippen LogP contribution in [-0.2, 0) is 6.61 Å². The van der Waals surface area contributed by atoms with E-state index in [2.05, 4.69) is 11.1 Å². The number of aryl methyl sites for hydroxylation is 3. The Balaban J connectivity index is 2.38. The number of nitriles is 1. The van der Waals surface area contributed by atoms with Crippen LogP contribution in [0.5, 0.6) is 11.6 Å². The van der Waals surface area contributed by atoms with Crippen LogP contribution in [0.1, 0.15) is 27.8 Å². The summed E-state index contributed by atoms with van der Waals surface area (Å²) >= 11 is 0. The summed E-state index contributed by atoms with van der Waals surface area (Å²) in [6.45, 7) is 5.65. The molecule has 1 aromatic heterocycles. The van der Waals surface area contributed by atoms with E-state index < -0.39 is 0 Å². The number of aliphatic hydroxyl groups is 1. The molecular weight excluding hydrogens is 252 g/mol. The third kappa shape index (κ3) is 2.79. The molecule has 4 nitrogen and oxygen atoms in total. The molecule has 0 spiro atoms. The van der Waals surface area contributed by atoms with Crippen molar-refractivity contribution in [3.63, 3.8) is 0 Å². The second-order valence-corrected chi connectivity index (χ2v) is 4.78. The fraction of sp³-hybridized carbons (Fsp3) is 0.250. The number of pyridine rings is 1. The third-order valence-corrected chi connectivity index (χ3v) is 3.06. The zero-order chi connectivity index (χ0) is 14.7. The molecule has 0 aliphatic heterocycles. The van der Waals surface area contributed by atoms with E-state index in [1.165, 1.54) is 0 Å². The molecule has 0 radical (unpaired) electrons. The van der Waals surface area contributed by atoms with Crippen molar-refractivity contribution < 1.29 is 9.84 Å². The summed E-state index contributed by atoms with van der Waals surface area (Å²) in [4.78, 5) is 4.22. The summed E-state index contributed by atoms with van der Waals surface area (Å²) in [5.41, 5.74) is 4.03. The molecule has 0 fully saturated rings. The van der Waals surface area contributed by atoms with Gasteiger partial charge in [0.2, 0.25) is 5.88 Å². The van der Waals surface area contributed by atoms with Gasteiger partial charge in [-0.25, -0.2) is 4.98 Å². The smallest absolute Gasteiger partial charge is 0.222 e. The first kappa shape index (κ1) is 14.0. The van der Waals surface area contributed by atoms with Crippen LogP contribution in [0.15, 0.2) is 24.4 Å². The Labute approximate surface area is 118 Å². The fourth-order valence-corrected chi connectivity index (χ4v) is 2.09. The zero-order valence-electron chi connectivity index (χ0n) is 11.8. The van der Waals surface area contributed by atoms with E-state index in [1.807, 2.05) is 26.8 Å². The lowest BCUT2D eigenvalue weighted by molar-refractivity contribution is 0.281. The number of hydrogen-bond acceptors (Lipinski definition) is 4. The SMILES string of the molecule is Cc1cc(CO)cnc1Oc1c(C)cc(C#N)cc1C. The van der Waals surface area contributed by atoms with Gasteiger partial charge in [-0.3, -0.25) is 0 Å². The summed E-state index contributed by atoms with van der Waals surface area (Å²) in [6.07, 6.45) is 1.59. The van der Waals surface area contributed by atoms with Crippen molar-refractivity contribution in [2.24, 2.45) is 0 Å². The second-order valence-electron chi connectivity index (χ2n) is 4.78. The first-order valence-corrected chi connectivity index (χ1v) is 6.30. The van der Waals surface area contributed by atoms with Crippen molar-refractivity contribution in [2.75, 3.05) is 0 Å². The maximum Gasteiger partial charge on any atom is 0.222 e. The molecular formula is C16H16N2O2. The molecule has 0 atom stereocenters. The number of nitrogens with zero attached hydrogens (tertiary/aromatic N) is 2. The summed E-state index contributed by atoms with van der Waals surface area (Å²) in [7, 11) is 0. The van der Waals surface area contributed by atoms with Gasteiger partial charge in [-0.2, -0.15) is 5.26 Å². The quantitative estimate of drug-likeness (QED) is 0.928. The molecule has 4 heteroatoms. The lowest BCUT2D eigenvalue weighted by Gasteiger charge is -2.13. The Morgan fingerprint density at radius 1 is 1.15 bits per heavy atom. The lowest BCUT2D eigenvalue weighted by atomic mass is 10.1. The number of benzene rings is 1. The molecule has 2 rings (SSSR count). The molecule has 1 aromatic carbocycles. The highest BCUT2D eigenvalue weighted by Crippen LogP contribution is 2.30. The molecule has 0 unspecified atom stereocenters. The molecule has 0 saturated heterocycles. The van der Waals surface area contributed by atoms with Crippen LogP contribution in [0.3, 0.4) is 0 Å². The van der Waals surface area contributed by atoms with Gasteiger partial charge in [0.15, 0.2) is 0 Å². The van der Waals surface area contributed by atoms with Gasteiger partial charge in [0.25, 0.3) is 0 Å². The minimum atomic E-state index is -0.0386. The maximum atomic E-state index is 9.08. The van der Waals surface area contributed by atoms with E-state index in [9.17, 15) is 0 Å². The van der Waals surface area contributed by atoms with Crippen molar-refractivity contribution in [3.05, 3.63) is 52.2 Å². The Hall–Kier alpha value is -2.38. The van der Waals surface area contributed by atoms with Crippen molar-refractivity contribution in [3.8, 4) is 17.7 Å². The van der Waals surface area contributed by atoms with Gasteiger partial charge < -0.3 is 9.84 Å². The van der Waals surface area contributed by atoms with Gasteiger partial charge in [0.05, 0.1) is 18.2 Å². The van der Waals surface area contributed by atoms with Crippen LogP contribution in [0.2, 0.25) is 0 Å². The molecule has 0 saturated carbocycles. The first-order valence-electron chi connectivity index (χ1n) is 6.30. The Bertz CT molecular complexity index is 664. The molecule has 0 amide bonds. The summed E-state index contributed by atoms with van der Waals surface area (Å²) in [5, 5.41) is 18.0. The number of aromatic nitrogens is 1. The van der Waals surface area contributed by atoms with E-state index in [1.54, 1.807) is 18.3 Å². The summed E-state index contributed by atoms with van der Waals surface area (Å²) in [5.74, 6) is 1.23. The highest BCUT2D eigenvalue weighted by atomic mass is 16.5. The average Bonchev–Trinajstić information content (AvgIpc) is 2.43. The number of rotatable bonds is 3. The number of aliphatic hydroxyl groups excluding tert-OH is 1. The normalized spacial score (nSPS) is 10.2. The standard InChI is InChI=1S/C16H16N2O2/c1-10-4-13(7-17)5-11(2)15(10)20-16-12(3)6-14(9-19)8-18-16/h4-6,8,19H,9H2,1-3H3. The van der Waals surface area contributed by atoms with Gasteiger partial charge in [-0.05, 0) is 55.7 Å². The van der Waals surface area contributed by atoms with Crippen molar-refractivity contribution in [1.82, 2.24) is 4.98 Å². The van der Waals surface area contributed by atoms with E-state index >= 15 is 0 Å². The topological polar surface area (TPSA) is 66.1 Å². The van der Waals surface area contributed by atoms with Crippen LogP contribution in [0.4, 0.5) is 0 Å². The predicted octanol–water partition coefficient (Wildman–Crippen LogP) is 3.16. The van der Waals surface area contributed by atoms with E-state index in [4.69, 9.17) is 15.1 Å². The van der Waals surface area contributed by atoms with Gasteiger partial charge >= 0.3 is 0 Å². The number of hydrogen-bond donors (Lipinski definition) is 1. The van der Waals surface area contributed by atoms with Crippen LogP contribution >= 0.6 is 0 Å². The predicted molar refractivity (Wildman–Crippen MR) is 75.6 cm³/mol. The Morgan fingerprint density at radius 2 is 1.80 bits per heavy atom. The fourth-order valence-electron chi connectivity index (χ4n) is 2.09. The van der Waals surface area contributed by atoms with E-state index in [0.29, 0.717) is 11.4 Å². The molecule has 20 heavy (non-hydrogen) atoms. The van der Waals surface area contributed by atoms with Crippen LogP contribution in [0, 0.1) is 32.1 Å². The van der Waals surface area contributed by atoms with Crippen LogP contribution in [-0.4, -0.2) is 10.1 Å². The van der Waals surface area contributed by atoms with Crippen molar-refractivity contribution >= 4 is 0 Å². The van der Waals surface area contributed by atoms with E-state index in [-0.39, 0.29) is 6.61 Å². The molecule has 0 aliphatic rings. The van der Waals surface area contributed by atoms with Gasteiger partial charge in [-0.15, -0.1) is 0 Å². The third-order valence-electron chi connectivity index (χ3n) is 3.06. The molecule has 102 valence electrons. The van der Waals surface area contributed by atoms with Gasteiger partial charge in [0.1, 0.15) is 5.75 Å². The molecule has 0 aliphatic carbocycles. The van der Waals surface area contributed by atoms with Crippen molar-refractivity contribution in [2.45, 2.75) is 27.4 Å². The minimum absolute atomic E-state index is 0.0386. The van der Waals surface area contributed by atoms with Gasteiger partial charge in [-0.1, -0.05) is 0 Å². The highest BCUT2D eigenvalue weighted by molar-refractivity contribution is 5.49. The largest absolute Gasteiger partial charge is 0.438 e. The lowest BCUT2D eigenvalue weighted by Crippen LogP contribution is -1.97. The minimum Gasteiger partial charge on any atom is -0.438 e. The average molecular weight is 268 g/mol. The molecule has 1 N–H and O–H groups in total. The molecule has 0 bridgehead atoms. The number of ether oxygens (including phenoxy) is 1. The van der Waals surface area contributed by atoms with Crippen LogP contribution in [0.25, 0.3) is 0 Å². The first-order chi connectivity index (χ1) is 9.55. The van der Waals surface area contributed by atoms with Crippen LogP contribution < -0.4 is 4.74 Å². The second kappa shape index (κ2) is 5.72. The van der Waals surface area contributed by atoms with E-state index in [0.717, 1.165) is 28.0 Å². The Kier molecular flexibility index (Phi) is 4.02. The maximum absolute atomic E-state index is 9.08. The molecule has 2 aromatic rings. The monoisotopic (exact) mass is 268 g/mol. The zero-order valence-corrected chi connectivity index (χ0v) is 11.8. The molecule has 1 heterocycles. The summed E-state index contributed by atoms with van der Waals surface area (Å²) in [6, 6.07) is 7.55. The highest BCUT2D eigenvalue weighted by Gasteiger charge is 2.10.